The zero-order chi connectivity index (χ0) is 23.0. The Morgan fingerprint density at radius 1 is 0.968 bits per heavy atom. The Morgan fingerprint density at radius 2 is 1.61 bits per heavy atom. The minimum absolute atomic E-state index is 0.131. The average Bonchev–Trinajstić information content (AvgIpc) is 2.77. The second kappa shape index (κ2) is 10.9. The van der Waals surface area contributed by atoms with Crippen LogP contribution in [-0.4, -0.2) is 62.7 Å². The van der Waals surface area contributed by atoms with Crippen LogP contribution in [0, 0.1) is 0 Å². The van der Waals surface area contributed by atoms with E-state index < -0.39 is 10.0 Å². The molecule has 2 amide bonds. The molecule has 0 heterocycles. The molecule has 0 spiro atoms. The van der Waals surface area contributed by atoms with Crippen LogP contribution in [0.4, 0.5) is 5.69 Å². The molecule has 0 unspecified atom stereocenters. The van der Waals surface area contributed by atoms with Crippen LogP contribution >= 0.6 is 0 Å². The van der Waals surface area contributed by atoms with Crippen LogP contribution in [0.25, 0.3) is 0 Å². The van der Waals surface area contributed by atoms with Crippen molar-refractivity contribution in [2.75, 3.05) is 38.6 Å². The fourth-order valence-corrected chi connectivity index (χ4v) is 4.52. The summed E-state index contributed by atoms with van der Waals surface area (Å²) in [5.74, 6) is -0.0831. The number of carbonyl (C=O) groups is 2. The molecule has 0 atom stereocenters. The number of benzene rings is 2. The van der Waals surface area contributed by atoms with E-state index in [1.807, 2.05) is 0 Å². The molecule has 0 saturated carbocycles. The molecule has 9 heteroatoms. The van der Waals surface area contributed by atoms with Gasteiger partial charge in [-0.1, -0.05) is 19.9 Å². The van der Waals surface area contributed by atoms with Crippen molar-refractivity contribution < 1.29 is 22.7 Å². The zero-order valence-corrected chi connectivity index (χ0v) is 19.1. The third-order valence-corrected chi connectivity index (χ3v) is 6.87. The maximum atomic E-state index is 12.8. The second-order valence-electron chi connectivity index (χ2n) is 6.71. The molecule has 2 rings (SSSR count). The Bertz CT molecular complexity index is 1000. The Hall–Kier alpha value is -2.91. The first kappa shape index (κ1) is 24.4. The Morgan fingerprint density at radius 3 is 2.16 bits per heavy atom. The third kappa shape index (κ3) is 6.05. The van der Waals surface area contributed by atoms with Crippen LogP contribution in [0.2, 0.25) is 0 Å². The van der Waals surface area contributed by atoms with Crippen LogP contribution < -0.4 is 10.1 Å². The molecule has 31 heavy (non-hydrogen) atoms. The van der Waals surface area contributed by atoms with Crippen molar-refractivity contribution in [3.05, 3.63) is 54.1 Å². The van der Waals surface area contributed by atoms with Gasteiger partial charge in [-0.05, 0) is 43.3 Å². The van der Waals surface area contributed by atoms with Gasteiger partial charge in [0.25, 0.3) is 5.91 Å². The van der Waals surface area contributed by atoms with Crippen LogP contribution in [0.1, 0.15) is 31.1 Å². The maximum Gasteiger partial charge on any atom is 0.254 e. The summed E-state index contributed by atoms with van der Waals surface area (Å²) in [7, 11) is -2.06. The van der Waals surface area contributed by atoms with Gasteiger partial charge in [-0.15, -0.1) is 0 Å². The van der Waals surface area contributed by atoms with Crippen molar-refractivity contribution in [1.82, 2.24) is 9.21 Å². The summed E-state index contributed by atoms with van der Waals surface area (Å²) >= 11 is 0. The van der Waals surface area contributed by atoms with Gasteiger partial charge in [0.15, 0.2) is 0 Å². The minimum Gasteiger partial charge on any atom is -0.497 e. The lowest BCUT2D eigenvalue weighted by Crippen LogP contribution is -2.38. The highest BCUT2D eigenvalue weighted by Crippen LogP contribution is 2.18. The van der Waals surface area contributed by atoms with Crippen molar-refractivity contribution in [2.24, 2.45) is 0 Å². The highest BCUT2D eigenvalue weighted by Gasteiger charge is 2.23. The molecule has 8 nitrogen and oxygen atoms in total. The molecule has 0 aromatic heterocycles. The summed E-state index contributed by atoms with van der Waals surface area (Å²) < 4.78 is 31.7. The molecule has 2 aromatic carbocycles. The summed E-state index contributed by atoms with van der Waals surface area (Å²) in [4.78, 5) is 26.8. The van der Waals surface area contributed by atoms with Gasteiger partial charge in [0.05, 0.1) is 12.0 Å². The van der Waals surface area contributed by atoms with E-state index in [-0.39, 0.29) is 23.3 Å². The van der Waals surface area contributed by atoms with Gasteiger partial charge in [0, 0.05) is 37.0 Å². The monoisotopic (exact) mass is 447 g/mol. The number of amides is 2. The van der Waals surface area contributed by atoms with Crippen molar-refractivity contribution >= 4 is 27.5 Å². The van der Waals surface area contributed by atoms with Crippen LogP contribution in [0.3, 0.4) is 0 Å². The van der Waals surface area contributed by atoms with Gasteiger partial charge >= 0.3 is 0 Å². The van der Waals surface area contributed by atoms with Gasteiger partial charge in [-0.2, -0.15) is 4.31 Å². The molecule has 0 aliphatic rings. The number of ether oxygens (including phenoxy) is 1. The molecule has 2 aromatic rings. The summed E-state index contributed by atoms with van der Waals surface area (Å²) in [5, 5.41) is 2.74. The third-order valence-electron chi connectivity index (χ3n) is 4.80. The number of carbonyl (C=O) groups excluding carboxylic acids is 2. The average molecular weight is 448 g/mol. The number of anilines is 1. The van der Waals surface area contributed by atoms with E-state index in [0.717, 1.165) is 0 Å². The number of likely N-dealkylation sites (N-methyl/N-ethyl adjacent to an activating group) is 1. The molecule has 0 bridgehead atoms. The molecule has 0 fully saturated rings. The fraction of sp³-hybridized carbons (Fsp3) is 0.364. The lowest BCUT2D eigenvalue weighted by Gasteiger charge is -2.21. The smallest absolute Gasteiger partial charge is 0.254 e. The Labute approximate surface area is 183 Å². The molecule has 0 aliphatic heterocycles. The zero-order valence-electron chi connectivity index (χ0n) is 18.3. The molecule has 168 valence electrons. The van der Waals surface area contributed by atoms with Gasteiger partial charge < -0.3 is 15.0 Å². The standard InChI is InChI=1S/C22H29N3O5S/c1-5-24(16-21(26)23-18-9-8-10-19(15-18)30-4)22(27)17-11-13-20(14-12-17)31(28,29)25(6-2)7-3/h8-15H,5-7,16H2,1-4H3,(H,23,26). The number of nitrogens with one attached hydrogen (secondary N) is 1. The lowest BCUT2D eigenvalue weighted by molar-refractivity contribution is -0.116. The van der Waals surface area contributed by atoms with Gasteiger partial charge in [-0.3, -0.25) is 9.59 Å². The Balaban J connectivity index is 2.10. The summed E-state index contributed by atoms with van der Waals surface area (Å²) in [6.45, 7) is 6.24. The Kier molecular flexibility index (Phi) is 8.58. The minimum atomic E-state index is -3.59. The van der Waals surface area contributed by atoms with Crippen molar-refractivity contribution in [1.29, 1.82) is 0 Å². The largest absolute Gasteiger partial charge is 0.497 e. The number of methoxy groups -OCH3 is 1. The molecular formula is C22H29N3O5S. The molecule has 1 N–H and O–H groups in total. The molecule has 0 radical (unpaired) electrons. The highest BCUT2D eigenvalue weighted by molar-refractivity contribution is 7.89. The summed E-state index contributed by atoms with van der Waals surface area (Å²) in [6, 6.07) is 12.7. The lowest BCUT2D eigenvalue weighted by atomic mass is 10.2. The van der Waals surface area contributed by atoms with Crippen molar-refractivity contribution in [3.63, 3.8) is 0 Å². The number of hydrogen-bond acceptors (Lipinski definition) is 5. The fourth-order valence-electron chi connectivity index (χ4n) is 3.07. The van der Waals surface area contributed by atoms with E-state index in [0.29, 0.717) is 36.6 Å². The van der Waals surface area contributed by atoms with E-state index in [9.17, 15) is 18.0 Å². The first-order chi connectivity index (χ1) is 14.8. The maximum absolute atomic E-state index is 12.8. The SMILES string of the molecule is CCN(CC(=O)Nc1cccc(OC)c1)C(=O)c1ccc(S(=O)(=O)N(CC)CC)cc1. The van der Waals surface area contributed by atoms with E-state index in [2.05, 4.69) is 5.32 Å². The van der Waals surface area contributed by atoms with Gasteiger partial charge in [0.1, 0.15) is 12.3 Å². The molecule has 0 aliphatic carbocycles. The van der Waals surface area contributed by atoms with E-state index in [1.54, 1.807) is 45.0 Å². The molecular weight excluding hydrogens is 418 g/mol. The van der Waals surface area contributed by atoms with Crippen LogP contribution in [0.5, 0.6) is 5.75 Å². The quantitative estimate of drug-likeness (QED) is 0.604. The number of rotatable bonds is 10. The number of sulfonamides is 1. The first-order valence-corrected chi connectivity index (χ1v) is 11.5. The van der Waals surface area contributed by atoms with Crippen LogP contribution in [0.15, 0.2) is 53.4 Å². The van der Waals surface area contributed by atoms with Crippen LogP contribution in [-0.2, 0) is 14.8 Å². The molecule has 0 saturated heterocycles. The van der Waals surface area contributed by atoms with Gasteiger partial charge in [-0.25, -0.2) is 8.42 Å². The van der Waals surface area contributed by atoms with E-state index in [4.69, 9.17) is 4.74 Å². The van der Waals surface area contributed by atoms with Gasteiger partial charge in [0.2, 0.25) is 15.9 Å². The first-order valence-electron chi connectivity index (χ1n) is 10.1. The van der Waals surface area contributed by atoms with Crippen molar-refractivity contribution in [3.8, 4) is 5.75 Å². The second-order valence-corrected chi connectivity index (χ2v) is 8.65. The predicted molar refractivity (Wildman–Crippen MR) is 120 cm³/mol. The number of nitrogens with zero attached hydrogens (tertiary/aromatic N) is 2. The summed E-state index contributed by atoms with van der Waals surface area (Å²) in [5.41, 5.74) is 0.883. The highest BCUT2D eigenvalue weighted by atomic mass is 32.2. The van der Waals surface area contributed by atoms with Crippen molar-refractivity contribution in [2.45, 2.75) is 25.7 Å². The van der Waals surface area contributed by atoms with E-state index in [1.165, 1.54) is 40.6 Å². The normalized spacial score (nSPS) is 11.3. The topological polar surface area (TPSA) is 96.0 Å². The number of hydrogen-bond donors (Lipinski definition) is 1. The summed E-state index contributed by atoms with van der Waals surface area (Å²) in [6.07, 6.45) is 0. The van der Waals surface area contributed by atoms with E-state index >= 15 is 0 Å². The predicted octanol–water partition coefficient (Wildman–Crippen LogP) is 2.83.